The van der Waals surface area contributed by atoms with Crippen molar-refractivity contribution in [1.29, 1.82) is 0 Å². The van der Waals surface area contributed by atoms with Gasteiger partial charge in [0.1, 0.15) is 0 Å². The van der Waals surface area contributed by atoms with Crippen molar-refractivity contribution in [2.24, 2.45) is 10.8 Å². The zero-order valence-electron chi connectivity index (χ0n) is 37.1. The number of aromatic nitrogens is 2. The molecule has 4 nitrogen and oxygen atoms in total. The normalized spacial score (nSPS) is 27.3. The van der Waals surface area contributed by atoms with Gasteiger partial charge in [0.2, 0.25) is 0 Å². The first-order valence-corrected chi connectivity index (χ1v) is 22.9. The number of carbonyl (C=O) groups excluding carboxylic acids is 2. The lowest BCUT2D eigenvalue weighted by Gasteiger charge is -2.38. The molecular weight excluding hydrogens is 733 g/mol. The van der Waals surface area contributed by atoms with Crippen molar-refractivity contribution >= 4 is 87.8 Å². The second kappa shape index (κ2) is 10.4. The molecule has 0 N–H and O–H groups in total. The molecule has 4 heterocycles. The van der Waals surface area contributed by atoms with E-state index in [1.165, 1.54) is 87.4 Å². The standard InChI is InChI=1S/C56H56N2O2/c1-51(2,3)29-21-33-31-25-39-35(49(59)55(9)17-13-53(39,7)14-18-55)27-43(31)57-41-11-12-42-46(45(41)37(23-29)47(33)57)38-24-30(52(4,5)6)22-34-32-26-40-36(28-44(32)58(42)48(34)38)50(60)56(10)19-15-54(40,8)16-20-56/h11-12,21-28H,13-20H2,1-10H3. The van der Waals surface area contributed by atoms with Crippen molar-refractivity contribution in [2.75, 3.05) is 0 Å². The maximum absolute atomic E-state index is 14.6. The molecule has 0 atom stereocenters. The highest BCUT2D eigenvalue weighted by Gasteiger charge is 2.50. The van der Waals surface area contributed by atoms with Crippen LogP contribution in [0.5, 0.6) is 0 Å². The SMILES string of the molecule is CC12CCC(C)(CC1)c1cc3c4cc(C(C)(C)C)cc5c6c7c8cc(C(C)(C)C)cc9c%10cc%11c(cc%10n(c7ccc6n(c3cc1C2=O)c45)c98)C(=O)C1(C)CCC%11(C)CC1. The largest absolute Gasteiger partial charge is 0.308 e. The summed E-state index contributed by atoms with van der Waals surface area (Å²) in [7, 11) is 0. The van der Waals surface area contributed by atoms with Gasteiger partial charge in [-0.2, -0.15) is 0 Å². The summed E-state index contributed by atoms with van der Waals surface area (Å²) in [6.45, 7) is 23.3. The number of rotatable bonds is 0. The number of nitrogens with zero attached hydrogens (tertiary/aromatic N) is 2. The van der Waals surface area contributed by atoms with Crippen molar-refractivity contribution in [2.45, 2.75) is 142 Å². The molecule has 302 valence electrons. The van der Waals surface area contributed by atoms with Gasteiger partial charge in [0.25, 0.3) is 0 Å². The molecule has 9 aromatic rings. The minimum atomic E-state index is -0.295. The van der Waals surface area contributed by atoms with E-state index in [0.29, 0.717) is 11.6 Å². The molecule has 4 bridgehead atoms. The van der Waals surface area contributed by atoms with E-state index in [2.05, 4.69) is 139 Å². The highest BCUT2D eigenvalue weighted by molar-refractivity contribution is 6.36. The Kier molecular flexibility index (Phi) is 6.19. The van der Waals surface area contributed by atoms with E-state index in [0.717, 1.165) is 73.5 Å². The molecule has 4 heteroatoms. The Morgan fingerprint density at radius 2 is 0.750 bits per heavy atom. The molecule has 0 amide bonds. The quantitative estimate of drug-likeness (QED) is 0.154. The van der Waals surface area contributed by atoms with Crippen LogP contribution in [0, 0.1) is 10.8 Å². The third-order valence-electron chi connectivity index (χ3n) is 17.7. The summed E-state index contributed by atoms with van der Waals surface area (Å²) in [4.78, 5) is 29.2. The summed E-state index contributed by atoms with van der Waals surface area (Å²) in [6, 6.07) is 24.1. The fraction of sp³-hybridized carbons (Fsp3) is 0.429. The fourth-order valence-electron chi connectivity index (χ4n) is 13.4. The Morgan fingerprint density at radius 1 is 0.417 bits per heavy atom. The van der Waals surface area contributed by atoms with Gasteiger partial charge in [-0.1, -0.05) is 69.2 Å². The second-order valence-electron chi connectivity index (χ2n) is 23.6. The van der Waals surface area contributed by atoms with Crippen LogP contribution in [0.1, 0.15) is 164 Å². The minimum absolute atomic E-state index is 0.00853. The van der Waals surface area contributed by atoms with Crippen LogP contribution >= 0.6 is 0 Å². The van der Waals surface area contributed by atoms with Gasteiger partial charge in [-0.25, -0.2) is 0 Å². The van der Waals surface area contributed by atoms with Crippen molar-refractivity contribution in [3.05, 3.63) is 94.0 Å². The summed E-state index contributed by atoms with van der Waals surface area (Å²) in [6.07, 6.45) is 8.09. The highest BCUT2D eigenvalue weighted by atomic mass is 16.1. The highest BCUT2D eigenvalue weighted by Crippen LogP contribution is 2.57. The lowest BCUT2D eigenvalue weighted by Crippen LogP contribution is -2.33. The zero-order chi connectivity index (χ0) is 41.6. The molecule has 0 saturated heterocycles. The first-order valence-electron chi connectivity index (χ1n) is 22.9. The third kappa shape index (κ3) is 4.06. The third-order valence-corrected chi connectivity index (χ3v) is 17.7. The fourth-order valence-corrected chi connectivity index (χ4v) is 13.4. The van der Waals surface area contributed by atoms with Gasteiger partial charge in [0.15, 0.2) is 11.6 Å². The van der Waals surface area contributed by atoms with Crippen LogP contribution in [0.4, 0.5) is 0 Å². The molecule has 0 spiro atoms. The van der Waals surface area contributed by atoms with Crippen LogP contribution in [0.15, 0.2) is 60.7 Å². The van der Waals surface area contributed by atoms with Crippen LogP contribution < -0.4 is 0 Å². The molecule has 2 saturated carbocycles. The van der Waals surface area contributed by atoms with E-state index in [-0.39, 0.29) is 32.5 Å². The Labute approximate surface area is 352 Å². The number of fused-ring (bicyclic) bond motifs is 17. The lowest BCUT2D eigenvalue weighted by atomic mass is 9.65. The van der Waals surface area contributed by atoms with Gasteiger partial charge in [-0.3, -0.25) is 9.59 Å². The number of ketones is 2. The van der Waals surface area contributed by atoms with Gasteiger partial charge in [-0.05, 0) is 156 Å². The topological polar surface area (TPSA) is 43.0 Å². The van der Waals surface area contributed by atoms with Crippen molar-refractivity contribution < 1.29 is 9.59 Å². The molecule has 6 aliphatic rings. The van der Waals surface area contributed by atoms with E-state index in [9.17, 15) is 9.59 Å². The average Bonchev–Trinajstić information content (AvgIpc) is 3.88. The minimum Gasteiger partial charge on any atom is -0.308 e. The second-order valence-corrected chi connectivity index (χ2v) is 23.6. The van der Waals surface area contributed by atoms with Gasteiger partial charge in [0, 0.05) is 65.0 Å². The van der Waals surface area contributed by atoms with Gasteiger partial charge < -0.3 is 8.80 Å². The number of carbonyl (C=O) groups is 2. The Morgan fingerprint density at radius 3 is 1.10 bits per heavy atom. The number of Topliss-reactive ketones (excluding diaryl/α,β-unsaturated/α-hetero) is 2. The summed E-state index contributed by atoms with van der Waals surface area (Å²) in [5.74, 6) is 0.669. The van der Waals surface area contributed by atoms with Crippen LogP contribution in [0.25, 0.3) is 76.2 Å². The van der Waals surface area contributed by atoms with Gasteiger partial charge in [0.05, 0.1) is 33.1 Å². The average molecular weight is 789 g/mol. The summed E-state index contributed by atoms with van der Waals surface area (Å²) >= 11 is 0. The molecule has 0 unspecified atom stereocenters. The molecule has 60 heavy (non-hydrogen) atoms. The van der Waals surface area contributed by atoms with E-state index in [1.807, 2.05) is 0 Å². The summed E-state index contributed by atoms with van der Waals surface area (Å²) in [5.41, 5.74) is 13.6. The molecule has 0 aliphatic heterocycles. The first kappa shape index (κ1) is 35.8. The zero-order valence-corrected chi connectivity index (χ0v) is 37.1. The molecule has 6 aliphatic carbocycles. The van der Waals surface area contributed by atoms with E-state index >= 15 is 0 Å². The lowest BCUT2D eigenvalue weighted by molar-refractivity contribution is 0.0726. The Bertz CT molecular complexity index is 3250. The van der Waals surface area contributed by atoms with E-state index < -0.39 is 0 Å². The predicted molar refractivity (Wildman–Crippen MR) is 250 cm³/mol. The Balaban J connectivity index is 1.22. The van der Waals surface area contributed by atoms with Crippen molar-refractivity contribution in [3.63, 3.8) is 0 Å². The molecule has 5 aromatic carbocycles. The van der Waals surface area contributed by atoms with Crippen LogP contribution in [-0.2, 0) is 21.7 Å². The molecule has 4 aromatic heterocycles. The molecular formula is C56H56N2O2. The summed E-state index contributed by atoms with van der Waals surface area (Å²) in [5, 5.41) is 10.2. The molecule has 0 radical (unpaired) electrons. The Hall–Kier alpha value is -4.96. The van der Waals surface area contributed by atoms with Crippen LogP contribution in [0.2, 0.25) is 0 Å². The maximum atomic E-state index is 14.6. The molecule has 15 rings (SSSR count). The first-order chi connectivity index (χ1) is 28.2. The van der Waals surface area contributed by atoms with Crippen molar-refractivity contribution in [1.82, 2.24) is 8.80 Å². The van der Waals surface area contributed by atoms with Crippen LogP contribution in [-0.4, -0.2) is 20.4 Å². The smallest absolute Gasteiger partial charge is 0.169 e. The van der Waals surface area contributed by atoms with Crippen LogP contribution in [0.3, 0.4) is 0 Å². The number of hydrogen-bond donors (Lipinski definition) is 0. The summed E-state index contributed by atoms with van der Waals surface area (Å²) < 4.78 is 5.03. The number of benzene rings is 5. The van der Waals surface area contributed by atoms with Gasteiger partial charge in [-0.15, -0.1) is 0 Å². The van der Waals surface area contributed by atoms with E-state index in [1.54, 1.807) is 0 Å². The predicted octanol–water partition coefficient (Wildman–Crippen LogP) is 14.7. The monoisotopic (exact) mass is 788 g/mol. The van der Waals surface area contributed by atoms with Gasteiger partial charge >= 0.3 is 0 Å². The van der Waals surface area contributed by atoms with E-state index in [4.69, 9.17) is 0 Å². The maximum Gasteiger partial charge on any atom is 0.169 e. The number of hydrogen-bond acceptors (Lipinski definition) is 2. The molecule has 2 fully saturated rings. The van der Waals surface area contributed by atoms with Crippen molar-refractivity contribution in [3.8, 4) is 0 Å².